The zero-order chi connectivity index (χ0) is 6.69. The quantitative estimate of drug-likeness (QED) is 0.559. The van der Waals surface area contributed by atoms with E-state index in [0.29, 0.717) is 5.69 Å². The summed E-state index contributed by atoms with van der Waals surface area (Å²) in [6.45, 7) is 0. The van der Waals surface area contributed by atoms with E-state index >= 15 is 0 Å². The number of carbonyl (C=O) groups is 1. The van der Waals surface area contributed by atoms with E-state index in [1.165, 1.54) is 6.26 Å². The van der Waals surface area contributed by atoms with Crippen molar-refractivity contribution in [1.82, 2.24) is 10.9 Å². The lowest BCUT2D eigenvalue weighted by Gasteiger charge is -1.82. The Hall–Kier alpha value is -1.32. The Labute approximate surface area is 51.6 Å². The number of carbonyl (C=O) groups excluding carboxylic acids is 1. The van der Waals surface area contributed by atoms with Gasteiger partial charge in [0.1, 0.15) is 6.26 Å². The molecule has 0 bridgehead atoms. The Bertz CT molecular complexity index is 193. The molecular weight excluding hydrogens is 120 g/mol. The second-order valence-corrected chi connectivity index (χ2v) is 1.59. The van der Waals surface area contributed by atoms with Crippen LogP contribution in [0.2, 0.25) is 0 Å². The van der Waals surface area contributed by atoms with Gasteiger partial charge in [-0.1, -0.05) is 5.16 Å². The van der Waals surface area contributed by atoms with E-state index in [9.17, 15) is 4.79 Å². The lowest BCUT2D eigenvalue weighted by Crippen LogP contribution is -2.01. The molecule has 0 aliphatic carbocycles. The number of nitrogens with one attached hydrogen (secondary N) is 1. The van der Waals surface area contributed by atoms with Crippen LogP contribution in [0.25, 0.3) is 0 Å². The van der Waals surface area contributed by atoms with Crippen LogP contribution in [0, 0.1) is 0 Å². The van der Waals surface area contributed by atoms with Gasteiger partial charge in [0.25, 0.3) is 0 Å². The van der Waals surface area contributed by atoms with Gasteiger partial charge in [0, 0.05) is 6.07 Å². The summed E-state index contributed by atoms with van der Waals surface area (Å²) < 4.78 is 4.43. The summed E-state index contributed by atoms with van der Waals surface area (Å²) in [5, 5.41) is 3.44. The second-order valence-electron chi connectivity index (χ2n) is 1.59. The summed E-state index contributed by atoms with van der Waals surface area (Å²) in [5.74, 6) is -0.649. The SMILES string of the molecule is [NH]C(=O)Cc1ccon1. The van der Waals surface area contributed by atoms with Gasteiger partial charge in [-0.3, -0.25) is 10.5 Å². The fourth-order valence-corrected chi connectivity index (χ4v) is 0.493. The zero-order valence-electron chi connectivity index (χ0n) is 4.63. The molecule has 1 aromatic rings. The monoisotopic (exact) mass is 125 g/mol. The van der Waals surface area contributed by atoms with Gasteiger partial charge in [0.2, 0.25) is 5.91 Å². The van der Waals surface area contributed by atoms with E-state index in [2.05, 4.69) is 9.68 Å². The van der Waals surface area contributed by atoms with Crippen molar-refractivity contribution in [1.29, 1.82) is 0 Å². The van der Waals surface area contributed by atoms with Crippen molar-refractivity contribution >= 4 is 5.91 Å². The molecular formula is C5H5N2O2. The minimum Gasteiger partial charge on any atom is -0.364 e. The number of amides is 1. The van der Waals surface area contributed by atoms with Gasteiger partial charge in [-0.25, -0.2) is 0 Å². The molecule has 1 aromatic heterocycles. The minimum atomic E-state index is -0.649. The number of nitrogens with zero attached hydrogens (tertiary/aromatic N) is 1. The van der Waals surface area contributed by atoms with Crippen LogP contribution in [0.5, 0.6) is 0 Å². The maximum atomic E-state index is 10.1. The van der Waals surface area contributed by atoms with Crippen molar-refractivity contribution in [3.63, 3.8) is 0 Å². The summed E-state index contributed by atoms with van der Waals surface area (Å²) in [6, 6.07) is 1.56. The third-order valence-corrected chi connectivity index (χ3v) is 0.833. The first-order valence-corrected chi connectivity index (χ1v) is 2.43. The van der Waals surface area contributed by atoms with E-state index in [0.717, 1.165) is 0 Å². The maximum absolute atomic E-state index is 10.1. The van der Waals surface area contributed by atoms with Crippen LogP contribution < -0.4 is 5.73 Å². The molecule has 1 radical (unpaired) electrons. The fourth-order valence-electron chi connectivity index (χ4n) is 0.493. The first-order valence-electron chi connectivity index (χ1n) is 2.43. The summed E-state index contributed by atoms with van der Waals surface area (Å²) in [7, 11) is 0. The van der Waals surface area contributed by atoms with Crippen LogP contribution in [0.1, 0.15) is 5.69 Å². The molecule has 9 heavy (non-hydrogen) atoms. The van der Waals surface area contributed by atoms with E-state index < -0.39 is 5.91 Å². The Kier molecular flexibility index (Phi) is 1.48. The summed E-state index contributed by atoms with van der Waals surface area (Å²) in [4.78, 5) is 10.1. The molecule has 0 aliphatic rings. The predicted octanol–water partition coefficient (Wildman–Crippen LogP) is 0.0266. The molecule has 0 atom stereocenters. The smallest absolute Gasteiger partial charge is 0.244 e. The molecule has 4 heteroatoms. The summed E-state index contributed by atoms with van der Waals surface area (Å²) >= 11 is 0. The average molecular weight is 125 g/mol. The van der Waals surface area contributed by atoms with Crippen LogP contribution in [-0.4, -0.2) is 11.1 Å². The molecule has 0 aliphatic heterocycles. The molecule has 0 unspecified atom stereocenters. The van der Waals surface area contributed by atoms with Crippen molar-refractivity contribution in [2.24, 2.45) is 0 Å². The number of aromatic nitrogens is 1. The standard InChI is InChI=1S/C5H5N2O2/c6-5(8)3-4-1-2-9-7-4/h1-2,6H,3H2. The van der Waals surface area contributed by atoms with Crippen LogP contribution in [0.3, 0.4) is 0 Å². The normalized spacial score (nSPS) is 9.33. The van der Waals surface area contributed by atoms with Crippen LogP contribution >= 0.6 is 0 Å². The van der Waals surface area contributed by atoms with Gasteiger partial charge in [-0.15, -0.1) is 0 Å². The van der Waals surface area contributed by atoms with E-state index in [1.807, 2.05) is 0 Å². The zero-order valence-corrected chi connectivity index (χ0v) is 4.63. The molecule has 1 heterocycles. The number of hydrogen-bond donors (Lipinski definition) is 0. The first kappa shape index (κ1) is 5.81. The van der Waals surface area contributed by atoms with Crippen LogP contribution in [0.15, 0.2) is 16.9 Å². The molecule has 0 saturated carbocycles. The fraction of sp³-hybridized carbons (Fsp3) is 0.200. The topological polar surface area (TPSA) is 66.9 Å². The lowest BCUT2D eigenvalue weighted by molar-refractivity contribution is -0.118. The molecule has 1 amide bonds. The highest BCUT2D eigenvalue weighted by Crippen LogP contribution is 1.93. The highest BCUT2D eigenvalue weighted by atomic mass is 16.5. The minimum absolute atomic E-state index is 0.0382. The van der Waals surface area contributed by atoms with Crippen LogP contribution in [-0.2, 0) is 11.2 Å². The largest absolute Gasteiger partial charge is 0.364 e. The van der Waals surface area contributed by atoms with E-state index in [1.54, 1.807) is 6.07 Å². The van der Waals surface area contributed by atoms with Crippen LogP contribution in [0.4, 0.5) is 0 Å². The number of hydrogen-bond acceptors (Lipinski definition) is 3. The highest BCUT2D eigenvalue weighted by molar-refractivity contribution is 5.75. The van der Waals surface area contributed by atoms with Gasteiger partial charge in [-0.05, 0) is 0 Å². The third-order valence-electron chi connectivity index (χ3n) is 0.833. The molecule has 0 fully saturated rings. The number of rotatable bonds is 2. The lowest BCUT2D eigenvalue weighted by atomic mass is 10.3. The van der Waals surface area contributed by atoms with Gasteiger partial charge in [0.15, 0.2) is 0 Å². The maximum Gasteiger partial charge on any atom is 0.244 e. The molecule has 0 saturated heterocycles. The second kappa shape index (κ2) is 2.30. The molecule has 47 valence electrons. The van der Waals surface area contributed by atoms with Crippen molar-refractivity contribution in [2.45, 2.75) is 6.42 Å². The predicted molar refractivity (Wildman–Crippen MR) is 28.3 cm³/mol. The van der Waals surface area contributed by atoms with Crippen molar-refractivity contribution < 1.29 is 9.32 Å². The Morgan fingerprint density at radius 3 is 3.11 bits per heavy atom. The Balaban J connectivity index is 2.58. The average Bonchev–Trinajstić information content (AvgIpc) is 2.15. The summed E-state index contributed by atoms with van der Waals surface area (Å²) in [5.41, 5.74) is 7.04. The van der Waals surface area contributed by atoms with Crippen molar-refractivity contribution in [3.8, 4) is 0 Å². The molecule has 1 rings (SSSR count). The van der Waals surface area contributed by atoms with E-state index in [4.69, 9.17) is 5.73 Å². The molecule has 0 spiro atoms. The first-order chi connectivity index (χ1) is 4.29. The van der Waals surface area contributed by atoms with Crippen molar-refractivity contribution in [3.05, 3.63) is 18.0 Å². The Morgan fingerprint density at radius 1 is 1.89 bits per heavy atom. The third kappa shape index (κ3) is 1.56. The molecule has 0 aromatic carbocycles. The Morgan fingerprint density at radius 2 is 2.67 bits per heavy atom. The molecule has 1 N–H and O–H groups in total. The van der Waals surface area contributed by atoms with Gasteiger partial charge in [0.05, 0.1) is 12.1 Å². The van der Waals surface area contributed by atoms with Gasteiger partial charge < -0.3 is 4.52 Å². The van der Waals surface area contributed by atoms with Gasteiger partial charge in [-0.2, -0.15) is 0 Å². The van der Waals surface area contributed by atoms with E-state index in [-0.39, 0.29) is 6.42 Å². The molecule has 4 nitrogen and oxygen atoms in total. The summed E-state index contributed by atoms with van der Waals surface area (Å²) in [6.07, 6.45) is 1.41. The van der Waals surface area contributed by atoms with Gasteiger partial charge >= 0.3 is 0 Å². The van der Waals surface area contributed by atoms with Crippen molar-refractivity contribution in [2.75, 3.05) is 0 Å². The highest BCUT2D eigenvalue weighted by Gasteiger charge is 1.99.